The molecule has 0 fully saturated rings. The van der Waals surface area contributed by atoms with Crippen molar-refractivity contribution in [3.05, 3.63) is 71.8 Å². The van der Waals surface area contributed by atoms with Crippen molar-refractivity contribution < 1.29 is 4.79 Å². The lowest BCUT2D eigenvalue weighted by atomic mass is 10.1. The molecule has 1 heterocycles. The largest absolute Gasteiger partial charge is 0.326 e. The van der Waals surface area contributed by atoms with Gasteiger partial charge in [0.05, 0.1) is 11.4 Å². The van der Waals surface area contributed by atoms with E-state index in [2.05, 4.69) is 6.58 Å². The zero-order chi connectivity index (χ0) is 13.4. The summed E-state index contributed by atoms with van der Waals surface area (Å²) in [7, 11) is 0. The molecule has 0 aliphatic carbocycles. The van der Waals surface area contributed by atoms with E-state index in [1.165, 1.54) is 0 Å². The molecule has 0 radical (unpaired) electrons. The summed E-state index contributed by atoms with van der Waals surface area (Å²) in [5, 5.41) is 0. The molecule has 2 aromatic rings. The maximum Gasteiger partial charge on any atom is 0.263 e. The Bertz CT molecular complexity index is 641. The van der Waals surface area contributed by atoms with E-state index in [4.69, 9.17) is 5.73 Å². The van der Waals surface area contributed by atoms with Crippen molar-refractivity contribution in [3.63, 3.8) is 0 Å². The van der Waals surface area contributed by atoms with Gasteiger partial charge in [-0.15, -0.1) is 0 Å². The molecular formula is C16H14N2O. The molecule has 3 nitrogen and oxygen atoms in total. The van der Waals surface area contributed by atoms with Crippen molar-refractivity contribution in [2.45, 2.75) is 6.54 Å². The summed E-state index contributed by atoms with van der Waals surface area (Å²) in [4.78, 5) is 14.1. The van der Waals surface area contributed by atoms with Crippen LogP contribution in [0.3, 0.4) is 0 Å². The third-order valence-corrected chi connectivity index (χ3v) is 3.39. The van der Waals surface area contributed by atoms with Crippen molar-refractivity contribution in [2.24, 2.45) is 5.73 Å². The molecule has 94 valence electrons. The summed E-state index contributed by atoms with van der Waals surface area (Å²) in [5.74, 6) is -0.0403. The van der Waals surface area contributed by atoms with Crippen LogP contribution in [-0.2, 0) is 6.54 Å². The van der Waals surface area contributed by atoms with Crippen molar-refractivity contribution >= 4 is 17.3 Å². The monoisotopic (exact) mass is 250 g/mol. The smallest absolute Gasteiger partial charge is 0.263 e. The molecule has 0 aromatic heterocycles. The van der Waals surface area contributed by atoms with Gasteiger partial charge >= 0.3 is 0 Å². The minimum atomic E-state index is -0.0403. The Balaban J connectivity index is 2.14. The fourth-order valence-corrected chi connectivity index (χ4v) is 2.44. The van der Waals surface area contributed by atoms with Gasteiger partial charge in [-0.05, 0) is 17.7 Å². The van der Waals surface area contributed by atoms with E-state index in [1.54, 1.807) is 4.90 Å². The molecular weight excluding hydrogens is 236 g/mol. The average molecular weight is 250 g/mol. The number of amides is 1. The number of nitrogens with two attached hydrogens (primary N) is 1. The zero-order valence-corrected chi connectivity index (χ0v) is 10.5. The minimum absolute atomic E-state index is 0.0403. The van der Waals surface area contributed by atoms with Gasteiger partial charge in [0.1, 0.15) is 0 Å². The van der Waals surface area contributed by atoms with Crippen molar-refractivity contribution in [1.29, 1.82) is 0 Å². The van der Waals surface area contributed by atoms with E-state index < -0.39 is 0 Å². The number of rotatable bonds is 2. The normalized spacial score (nSPS) is 13.8. The lowest BCUT2D eigenvalue weighted by Gasteiger charge is -2.20. The number of hydrogen-bond acceptors (Lipinski definition) is 2. The van der Waals surface area contributed by atoms with Gasteiger partial charge in [-0.3, -0.25) is 9.69 Å². The fourth-order valence-electron chi connectivity index (χ4n) is 2.44. The van der Waals surface area contributed by atoms with Gasteiger partial charge in [-0.25, -0.2) is 0 Å². The Morgan fingerprint density at radius 3 is 2.32 bits per heavy atom. The molecule has 0 atom stereocenters. The lowest BCUT2D eigenvalue weighted by Crippen LogP contribution is -2.23. The third-order valence-electron chi connectivity index (χ3n) is 3.39. The van der Waals surface area contributed by atoms with E-state index in [-0.39, 0.29) is 5.91 Å². The number of carbonyl (C=O) groups excluding carboxylic acids is 1. The number of anilines is 1. The molecule has 3 rings (SSSR count). The van der Waals surface area contributed by atoms with Gasteiger partial charge in [0.25, 0.3) is 5.91 Å². The van der Waals surface area contributed by atoms with Gasteiger partial charge in [-0.2, -0.15) is 0 Å². The van der Waals surface area contributed by atoms with Crippen LogP contribution in [0.15, 0.2) is 55.1 Å². The van der Waals surface area contributed by atoms with Crippen LogP contribution in [-0.4, -0.2) is 5.91 Å². The number of benzene rings is 2. The molecule has 1 aliphatic rings. The summed E-state index contributed by atoms with van der Waals surface area (Å²) in [6.45, 7) is 4.44. The van der Waals surface area contributed by atoms with Crippen LogP contribution >= 0.6 is 0 Å². The maximum absolute atomic E-state index is 12.5. The van der Waals surface area contributed by atoms with Crippen LogP contribution in [0, 0.1) is 0 Å². The summed E-state index contributed by atoms with van der Waals surface area (Å²) in [6.07, 6.45) is 0. The second-order valence-corrected chi connectivity index (χ2v) is 4.47. The first-order valence-corrected chi connectivity index (χ1v) is 6.15. The lowest BCUT2D eigenvalue weighted by molar-refractivity contribution is 0.101. The molecule has 2 N–H and O–H groups in total. The zero-order valence-electron chi connectivity index (χ0n) is 10.5. The highest BCUT2D eigenvalue weighted by Crippen LogP contribution is 2.36. The third kappa shape index (κ3) is 1.67. The van der Waals surface area contributed by atoms with Crippen LogP contribution in [0.1, 0.15) is 21.5 Å². The standard InChI is InChI=1S/C16H14N2O/c1-11-13-7-3-4-8-14(13)16(19)18(11)15-9-5-2-6-12(15)10-17/h2-9H,1,10,17H2. The topological polar surface area (TPSA) is 46.3 Å². The van der Waals surface area contributed by atoms with Crippen LogP contribution in [0.4, 0.5) is 5.69 Å². The van der Waals surface area contributed by atoms with E-state index in [1.807, 2.05) is 48.5 Å². The van der Waals surface area contributed by atoms with Crippen LogP contribution in [0.2, 0.25) is 0 Å². The molecule has 0 unspecified atom stereocenters. The van der Waals surface area contributed by atoms with Crippen molar-refractivity contribution in [2.75, 3.05) is 4.90 Å². The van der Waals surface area contributed by atoms with Crippen LogP contribution in [0.25, 0.3) is 5.70 Å². The van der Waals surface area contributed by atoms with Gasteiger partial charge < -0.3 is 5.73 Å². The van der Waals surface area contributed by atoms with E-state index >= 15 is 0 Å². The van der Waals surface area contributed by atoms with Crippen LogP contribution in [0.5, 0.6) is 0 Å². The molecule has 1 amide bonds. The number of hydrogen-bond donors (Lipinski definition) is 1. The Morgan fingerprint density at radius 2 is 1.63 bits per heavy atom. The highest BCUT2D eigenvalue weighted by Gasteiger charge is 2.32. The first-order chi connectivity index (χ1) is 9.24. The van der Waals surface area contributed by atoms with Gasteiger partial charge in [0, 0.05) is 17.7 Å². The highest BCUT2D eigenvalue weighted by atomic mass is 16.2. The Morgan fingerprint density at radius 1 is 1.00 bits per heavy atom. The van der Waals surface area contributed by atoms with E-state index in [0.717, 1.165) is 16.8 Å². The highest BCUT2D eigenvalue weighted by molar-refractivity contribution is 6.22. The summed E-state index contributed by atoms with van der Waals surface area (Å²) in [6, 6.07) is 15.2. The van der Waals surface area contributed by atoms with Crippen LogP contribution < -0.4 is 10.6 Å². The fraction of sp³-hybridized carbons (Fsp3) is 0.0625. The number of nitrogens with zero attached hydrogens (tertiary/aromatic N) is 1. The van der Waals surface area contributed by atoms with Gasteiger partial charge in [0.2, 0.25) is 0 Å². The molecule has 3 heteroatoms. The molecule has 2 aromatic carbocycles. The summed E-state index contributed by atoms with van der Waals surface area (Å²) in [5.41, 5.74) is 9.79. The predicted molar refractivity (Wildman–Crippen MR) is 76.6 cm³/mol. The minimum Gasteiger partial charge on any atom is -0.326 e. The summed E-state index contributed by atoms with van der Waals surface area (Å²) < 4.78 is 0. The Labute approximate surface area is 112 Å². The second kappa shape index (κ2) is 4.37. The number of fused-ring (bicyclic) bond motifs is 1. The van der Waals surface area contributed by atoms with Crippen molar-refractivity contribution in [1.82, 2.24) is 0 Å². The first-order valence-electron chi connectivity index (χ1n) is 6.15. The molecule has 1 aliphatic heterocycles. The number of para-hydroxylation sites is 1. The molecule has 0 spiro atoms. The van der Waals surface area contributed by atoms with Crippen molar-refractivity contribution in [3.8, 4) is 0 Å². The SMILES string of the molecule is C=C1c2ccccc2C(=O)N1c1ccccc1CN. The van der Waals surface area contributed by atoms with E-state index in [0.29, 0.717) is 17.8 Å². The predicted octanol–water partition coefficient (Wildman–Crippen LogP) is 2.78. The van der Waals surface area contributed by atoms with Gasteiger partial charge in [-0.1, -0.05) is 43.0 Å². The maximum atomic E-state index is 12.5. The average Bonchev–Trinajstić information content (AvgIpc) is 2.71. The number of carbonyl (C=O) groups is 1. The molecule has 0 bridgehead atoms. The summed E-state index contributed by atoms with van der Waals surface area (Å²) >= 11 is 0. The molecule has 0 saturated heterocycles. The first kappa shape index (κ1) is 11.7. The Kier molecular flexibility index (Phi) is 2.69. The quantitative estimate of drug-likeness (QED) is 0.890. The second-order valence-electron chi connectivity index (χ2n) is 4.47. The van der Waals surface area contributed by atoms with E-state index in [9.17, 15) is 4.79 Å². The Hall–Kier alpha value is -2.39. The molecule has 0 saturated carbocycles. The van der Waals surface area contributed by atoms with Gasteiger partial charge in [0.15, 0.2) is 0 Å². The molecule has 19 heavy (non-hydrogen) atoms.